The van der Waals surface area contributed by atoms with Gasteiger partial charge in [0, 0.05) is 25.8 Å². The normalized spacial score (nSPS) is 19.2. The summed E-state index contributed by atoms with van der Waals surface area (Å²) < 4.78 is 28.3. The summed E-state index contributed by atoms with van der Waals surface area (Å²) >= 11 is 0. The molecule has 1 saturated heterocycles. The molecule has 1 heterocycles. The molecule has 1 aromatic carbocycles. The number of rotatable bonds is 4. The van der Waals surface area contributed by atoms with Gasteiger partial charge in [0.15, 0.2) is 0 Å². The van der Waals surface area contributed by atoms with Crippen LogP contribution in [0.1, 0.15) is 29.6 Å². The number of nitrogens with two attached hydrogens (primary N) is 1. The van der Waals surface area contributed by atoms with E-state index in [1.807, 2.05) is 0 Å². The Kier molecular flexibility index (Phi) is 4.97. The Balaban J connectivity index is 2.08. The van der Waals surface area contributed by atoms with Crippen LogP contribution in [0.4, 0.5) is 0 Å². The molecule has 6 nitrogen and oxygen atoms in total. The van der Waals surface area contributed by atoms with Crippen molar-refractivity contribution >= 4 is 15.9 Å². The highest BCUT2D eigenvalue weighted by molar-refractivity contribution is 7.89. The topological polar surface area (TPSA) is 89.7 Å². The Morgan fingerprint density at radius 1 is 1.43 bits per heavy atom. The van der Waals surface area contributed by atoms with Crippen molar-refractivity contribution in [1.82, 2.24) is 4.90 Å². The Morgan fingerprint density at radius 3 is 2.81 bits per heavy atom. The molecular formula is C14H20N2O4S. The minimum absolute atomic E-state index is 0.0501. The van der Waals surface area contributed by atoms with Gasteiger partial charge in [-0.05, 0) is 37.5 Å². The predicted molar refractivity (Wildman–Crippen MR) is 78.4 cm³/mol. The fourth-order valence-electron chi connectivity index (χ4n) is 2.37. The summed E-state index contributed by atoms with van der Waals surface area (Å²) in [4.78, 5) is 13.8. The molecule has 0 spiro atoms. The average Bonchev–Trinajstić information content (AvgIpc) is 2.46. The first-order valence-corrected chi connectivity index (χ1v) is 8.42. The first kappa shape index (κ1) is 15.9. The van der Waals surface area contributed by atoms with Gasteiger partial charge in [-0.15, -0.1) is 0 Å². The third-order valence-corrected chi connectivity index (χ3v) is 4.42. The first-order chi connectivity index (χ1) is 9.88. The van der Waals surface area contributed by atoms with Crippen molar-refractivity contribution in [3.63, 3.8) is 0 Å². The molecule has 0 aliphatic carbocycles. The van der Waals surface area contributed by atoms with Gasteiger partial charge >= 0.3 is 0 Å². The van der Waals surface area contributed by atoms with Crippen LogP contribution in [-0.2, 0) is 14.8 Å². The lowest BCUT2D eigenvalue weighted by molar-refractivity contribution is -0.000192. The van der Waals surface area contributed by atoms with Crippen molar-refractivity contribution in [2.45, 2.75) is 30.3 Å². The quantitative estimate of drug-likeness (QED) is 0.897. The molecular weight excluding hydrogens is 292 g/mol. The maximum Gasteiger partial charge on any atom is 0.253 e. The average molecular weight is 312 g/mol. The van der Waals surface area contributed by atoms with Crippen LogP contribution in [0.2, 0.25) is 0 Å². The van der Waals surface area contributed by atoms with Gasteiger partial charge in [0.1, 0.15) is 0 Å². The van der Waals surface area contributed by atoms with Gasteiger partial charge in [-0.25, -0.2) is 13.6 Å². The van der Waals surface area contributed by atoms with Crippen molar-refractivity contribution in [2.24, 2.45) is 5.14 Å². The van der Waals surface area contributed by atoms with Gasteiger partial charge < -0.3 is 9.64 Å². The molecule has 0 unspecified atom stereocenters. The van der Waals surface area contributed by atoms with Gasteiger partial charge in [0.2, 0.25) is 10.0 Å². The molecule has 1 aromatic rings. The SMILES string of the molecule is CN(C[C@H]1CCCCO1)C(=O)c1cccc(S(N)(=O)=O)c1. The van der Waals surface area contributed by atoms with Crippen LogP contribution in [-0.4, -0.2) is 45.5 Å². The minimum Gasteiger partial charge on any atom is -0.376 e. The van der Waals surface area contributed by atoms with Crippen LogP contribution < -0.4 is 5.14 Å². The number of hydrogen-bond donors (Lipinski definition) is 1. The van der Waals surface area contributed by atoms with E-state index in [1.165, 1.54) is 18.2 Å². The number of benzene rings is 1. The summed E-state index contributed by atoms with van der Waals surface area (Å²) in [6.45, 7) is 1.23. The van der Waals surface area contributed by atoms with Gasteiger partial charge in [-0.1, -0.05) is 6.07 Å². The number of carbonyl (C=O) groups is 1. The first-order valence-electron chi connectivity index (χ1n) is 6.88. The largest absolute Gasteiger partial charge is 0.376 e. The van der Waals surface area contributed by atoms with E-state index >= 15 is 0 Å². The third kappa shape index (κ3) is 4.26. The van der Waals surface area contributed by atoms with E-state index in [2.05, 4.69) is 0 Å². The highest BCUT2D eigenvalue weighted by Gasteiger charge is 2.20. The molecule has 116 valence electrons. The van der Waals surface area contributed by atoms with Crippen molar-refractivity contribution in [1.29, 1.82) is 0 Å². The van der Waals surface area contributed by atoms with Crippen molar-refractivity contribution < 1.29 is 17.9 Å². The molecule has 21 heavy (non-hydrogen) atoms. The number of likely N-dealkylation sites (N-methyl/N-ethyl adjacent to an activating group) is 1. The second-order valence-electron chi connectivity index (χ2n) is 5.25. The van der Waals surface area contributed by atoms with Crippen LogP contribution in [0.5, 0.6) is 0 Å². The molecule has 0 aromatic heterocycles. The minimum atomic E-state index is -3.81. The van der Waals surface area contributed by atoms with E-state index in [9.17, 15) is 13.2 Å². The van der Waals surface area contributed by atoms with Gasteiger partial charge in [-0.2, -0.15) is 0 Å². The maximum absolute atomic E-state index is 12.3. The summed E-state index contributed by atoms with van der Waals surface area (Å²) in [5, 5.41) is 5.08. The molecule has 1 aliphatic heterocycles. The van der Waals surface area contributed by atoms with Crippen LogP contribution in [0.15, 0.2) is 29.2 Å². The predicted octanol–water partition coefficient (Wildman–Crippen LogP) is 0.975. The van der Waals surface area contributed by atoms with Crippen molar-refractivity contribution in [2.75, 3.05) is 20.2 Å². The smallest absolute Gasteiger partial charge is 0.253 e. The highest BCUT2D eigenvalue weighted by atomic mass is 32.2. The third-order valence-electron chi connectivity index (χ3n) is 3.51. The fourth-order valence-corrected chi connectivity index (χ4v) is 2.93. The highest BCUT2D eigenvalue weighted by Crippen LogP contribution is 2.16. The number of hydrogen-bond acceptors (Lipinski definition) is 4. The van der Waals surface area contributed by atoms with Crippen LogP contribution in [0, 0.1) is 0 Å². The molecule has 0 saturated carbocycles. The van der Waals surface area contributed by atoms with Crippen molar-refractivity contribution in [3.05, 3.63) is 29.8 Å². The second-order valence-corrected chi connectivity index (χ2v) is 6.81. The van der Waals surface area contributed by atoms with E-state index in [1.54, 1.807) is 18.0 Å². The van der Waals surface area contributed by atoms with Crippen molar-refractivity contribution in [3.8, 4) is 0 Å². The molecule has 1 atom stereocenters. The molecule has 0 radical (unpaired) electrons. The van der Waals surface area contributed by atoms with E-state index in [-0.39, 0.29) is 16.9 Å². The Morgan fingerprint density at radius 2 is 2.19 bits per heavy atom. The lowest BCUT2D eigenvalue weighted by atomic mass is 10.1. The monoisotopic (exact) mass is 312 g/mol. The van der Waals surface area contributed by atoms with Crippen LogP contribution >= 0.6 is 0 Å². The molecule has 2 N–H and O–H groups in total. The van der Waals surface area contributed by atoms with Gasteiger partial charge in [-0.3, -0.25) is 4.79 Å². The standard InChI is InChI=1S/C14H20N2O4S/c1-16(10-12-6-2-3-8-20-12)14(17)11-5-4-7-13(9-11)21(15,18)19/h4-5,7,9,12H,2-3,6,8,10H2,1H3,(H2,15,18,19)/t12-/m1/s1. The number of primary sulfonamides is 1. The summed E-state index contributed by atoms with van der Waals surface area (Å²) in [5.41, 5.74) is 0.305. The zero-order valence-electron chi connectivity index (χ0n) is 12.0. The summed E-state index contributed by atoms with van der Waals surface area (Å²) in [5.74, 6) is -0.241. The van der Waals surface area contributed by atoms with E-state index < -0.39 is 10.0 Å². The zero-order valence-corrected chi connectivity index (χ0v) is 12.8. The number of ether oxygens (including phenoxy) is 1. The molecule has 7 heteroatoms. The number of carbonyl (C=O) groups excluding carboxylic acids is 1. The number of sulfonamides is 1. The molecule has 0 bridgehead atoms. The summed E-state index contributed by atoms with van der Waals surface area (Å²) in [6, 6.07) is 5.76. The number of amides is 1. The summed E-state index contributed by atoms with van der Waals surface area (Å²) in [6.07, 6.45) is 3.15. The Bertz CT molecular complexity index is 609. The maximum atomic E-state index is 12.3. The van der Waals surface area contributed by atoms with E-state index in [0.717, 1.165) is 25.9 Å². The molecule has 2 rings (SSSR count). The van der Waals surface area contributed by atoms with E-state index in [4.69, 9.17) is 9.88 Å². The Hall–Kier alpha value is -1.44. The van der Waals surface area contributed by atoms with E-state index in [0.29, 0.717) is 12.1 Å². The number of nitrogens with zero attached hydrogens (tertiary/aromatic N) is 1. The lowest BCUT2D eigenvalue weighted by Gasteiger charge is -2.27. The Labute approximate surface area is 124 Å². The van der Waals surface area contributed by atoms with Gasteiger partial charge in [0.25, 0.3) is 5.91 Å². The zero-order chi connectivity index (χ0) is 15.5. The molecule has 1 aliphatic rings. The second kappa shape index (κ2) is 6.55. The molecule has 1 fully saturated rings. The summed E-state index contributed by atoms with van der Waals surface area (Å²) in [7, 11) is -2.12. The lowest BCUT2D eigenvalue weighted by Crippen LogP contribution is -2.37. The van der Waals surface area contributed by atoms with Crippen LogP contribution in [0.3, 0.4) is 0 Å². The van der Waals surface area contributed by atoms with Gasteiger partial charge in [0.05, 0.1) is 11.0 Å². The van der Waals surface area contributed by atoms with Crippen LogP contribution in [0.25, 0.3) is 0 Å². The fraction of sp³-hybridized carbons (Fsp3) is 0.500. The molecule has 1 amide bonds.